The van der Waals surface area contributed by atoms with E-state index in [0.29, 0.717) is 29.9 Å². The van der Waals surface area contributed by atoms with Gasteiger partial charge in [-0.25, -0.2) is 14.1 Å². The van der Waals surface area contributed by atoms with Gasteiger partial charge in [-0.05, 0) is 49.2 Å². The van der Waals surface area contributed by atoms with E-state index in [1.54, 1.807) is 6.20 Å². The van der Waals surface area contributed by atoms with Crippen molar-refractivity contribution < 1.29 is 14.1 Å². The molecule has 2 aromatic heterocycles. The lowest BCUT2D eigenvalue weighted by atomic mass is 10.1. The number of nitrogen functional groups attached to an aromatic ring is 1. The van der Waals surface area contributed by atoms with Crippen molar-refractivity contribution in [2.24, 2.45) is 0 Å². The van der Waals surface area contributed by atoms with E-state index in [-0.39, 0.29) is 29.2 Å². The molecule has 0 spiro atoms. The highest BCUT2D eigenvalue weighted by Crippen LogP contribution is 2.24. The molecule has 4 aromatic rings. The van der Waals surface area contributed by atoms with Gasteiger partial charge in [0.1, 0.15) is 29.0 Å². The molecule has 0 saturated heterocycles. The number of nitro benzene ring substituents is 1. The molecule has 4 rings (SSSR count). The molecule has 0 saturated carbocycles. The maximum absolute atomic E-state index is 13.2. The minimum absolute atomic E-state index is 0.142. The van der Waals surface area contributed by atoms with E-state index in [9.17, 15) is 24.6 Å². The van der Waals surface area contributed by atoms with Crippen molar-refractivity contribution in [3.8, 4) is 17.4 Å². The van der Waals surface area contributed by atoms with Gasteiger partial charge in [-0.3, -0.25) is 14.9 Å². The fraction of sp³-hybridized carbons (Fsp3) is 0.130. The first-order valence-electron chi connectivity index (χ1n) is 10.5. The second kappa shape index (κ2) is 9.84. The first kappa shape index (κ1) is 23.1. The van der Waals surface area contributed by atoms with Crippen LogP contribution in [0.2, 0.25) is 0 Å². The zero-order valence-corrected chi connectivity index (χ0v) is 18.3. The number of rotatable bonds is 8. The summed E-state index contributed by atoms with van der Waals surface area (Å²) in [5.74, 6) is -0.733. The maximum atomic E-state index is 13.2. The van der Waals surface area contributed by atoms with Crippen LogP contribution in [0.25, 0.3) is 11.4 Å². The molecule has 1 amide bonds. The van der Waals surface area contributed by atoms with Gasteiger partial charge < -0.3 is 15.6 Å². The SMILES string of the molecule is N#Cc1c(CCCNC(=O)c2ccc(-n3ccnc3)c([N+](=O)[O-])c2)nn(-c2ccc(F)cc2)c1N. The molecule has 0 aliphatic rings. The maximum Gasteiger partial charge on any atom is 0.294 e. The van der Waals surface area contributed by atoms with Crippen LogP contribution in [0.15, 0.2) is 61.2 Å². The van der Waals surface area contributed by atoms with Crippen LogP contribution in [0.4, 0.5) is 15.9 Å². The number of carbonyl (C=O) groups excluding carboxylic acids is 1. The van der Waals surface area contributed by atoms with Gasteiger partial charge in [0.05, 0.1) is 22.6 Å². The number of nitrogens with one attached hydrogen (secondary N) is 1. The summed E-state index contributed by atoms with van der Waals surface area (Å²) in [6.45, 7) is 0.240. The average Bonchev–Trinajstić information content (AvgIpc) is 3.50. The lowest BCUT2D eigenvalue weighted by Crippen LogP contribution is -2.25. The Morgan fingerprint density at radius 3 is 2.69 bits per heavy atom. The second-order valence-corrected chi connectivity index (χ2v) is 7.50. The van der Waals surface area contributed by atoms with Crippen molar-refractivity contribution in [3.63, 3.8) is 0 Å². The summed E-state index contributed by atoms with van der Waals surface area (Å²) in [7, 11) is 0. The van der Waals surface area contributed by atoms with Crippen LogP contribution < -0.4 is 11.1 Å². The molecule has 2 heterocycles. The molecule has 0 radical (unpaired) electrons. The van der Waals surface area contributed by atoms with Crippen LogP contribution in [0.5, 0.6) is 0 Å². The number of nitrogens with zero attached hydrogens (tertiary/aromatic N) is 6. The summed E-state index contributed by atoms with van der Waals surface area (Å²) < 4.78 is 16.1. The number of amides is 1. The van der Waals surface area contributed by atoms with E-state index < -0.39 is 16.6 Å². The number of nitro groups is 1. The monoisotopic (exact) mass is 474 g/mol. The molecule has 11 nitrogen and oxygen atoms in total. The van der Waals surface area contributed by atoms with Crippen molar-refractivity contribution in [2.45, 2.75) is 12.8 Å². The summed E-state index contributed by atoms with van der Waals surface area (Å²) in [4.78, 5) is 27.4. The van der Waals surface area contributed by atoms with Gasteiger partial charge in [-0.2, -0.15) is 10.4 Å². The quantitative estimate of drug-likeness (QED) is 0.226. The fourth-order valence-corrected chi connectivity index (χ4v) is 3.54. The number of aryl methyl sites for hydroxylation is 1. The fourth-order valence-electron chi connectivity index (χ4n) is 3.54. The highest BCUT2D eigenvalue weighted by Gasteiger charge is 2.19. The van der Waals surface area contributed by atoms with Gasteiger partial charge in [-0.1, -0.05) is 0 Å². The van der Waals surface area contributed by atoms with Gasteiger partial charge in [0.25, 0.3) is 11.6 Å². The molecule has 2 aromatic carbocycles. The molecular formula is C23H19FN8O3. The number of hydrogen-bond acceptors (Lipinski definition) is 7. The third kappa shape index (κ3) is 4.83. The Labute approximate surface area is 198 Å². The van der Waals surface area contributed by atoms with E-state index in [0.717, 1.165) is 0 Å². The molecule has 0 aliphatic heterocycles. The Hall–Kier alpha value is -5.05. The van der Waals surface area contributed by atoms with Gasteiger partial charge in [-0.15, -0.1) is 0 Å². The number of imidazole rings is 1. The van der Waals surface area contributed by atoms with Crippen LogP contribution in [0.3, 0.4) is 0 Å². The van der Waals surface area contributed by atoms with Gasteiger partial charge in [0.2, 0.25) is 0 Å². The number of nitrogens with two attached hydrogens (primary N) is 1. The normalized spacial score (nSPS) is 10.6. The summed E-state index contributed by atoms with van der Waals surface area (Å²) in [5, 5.41) is 28.1. The van der Waals surface area contributed by atoms with Crippen LogP contribution in [-0.4, -0.2) is 36.7 Å². The smallest absolute Gasteiger partial charge is 0.294 e. The predicted molar refractivity (Wildman–Crippen MR) is 124 cm³/mol. The molecule has 3 N–H and O–H groups in total. The van der Waals surface area contributed by atoms with Gasteiger partial charge in [0, 0.05) is 30.6 Å². The lowest BCUT2D eigenvalue weighted by Gasteiger charge is -2.08. The molecule has 12 heteroatoms. The summed E-state index contributed by atoms with van der Waals surface area (Å²) in [5.41, 5.74) is 7.44. The number of carbonyl (C=O) groups is 1. The molecule has 0 unspecified atom stereocenters. The van der Waals surface area contributed by atoms with Gasteiger partial charge >= 0.3 is 0 Å². The van der Waals surface area contributed by atoms with E-state index in [1.807, 2.05) is 6.07 Å². The molecular weight excluding hydrogens is 455 g/mol. The molecule has 35 heavy (non-hydrogen) atoms. The number of anilines is 1. The second-order valence-electron chi connectivity index (χ2n) is 7.50. The molecule has 0 atom stereocenters. The largest absolute Gasteiger partial charge is 0.382 e. The lowest BCUT2D eigenvalue weighted by molar-refractivity contribution is -0.384. The number of nitriles is 1. The number of hydrogen-bond donors (Lipinski definition) is 2. The van der Waals surface area contributed by atoms with Gasteiger partial charge in [0.15, 0.2) is 0 Å². The Morgan fingerprint density at radius 1 is 1.26 bits per heavy atom. The number of aromatic nitrogens is 4. The Kier molecular flexibility index (Phi) is 6.50. The molecule has 176 valence electrons. The highest BCUT2D eigenvalue weighted by atomic mass is 19.1. The topological polar surface area (TPSA) is 158 Å². The van der Waals surface area contributed by atoms with Crippen LogP contribution >= 0.6 is 0 Å². The third-order valence-corrected chi connectivity index (χ3v) is 5.27. The van der Waals surface area contributed by atoms with Crippen molar-refractivity contribution in [2.75, 3.05) is 12.3 Å². The Bertz CT molecular complexity index is 1420. The highest BCUT2D eigenvalue weighted by molar-refractivity contribution is 5.95. The first-order chi connectivity index (χ1) is 16.9. The van der Waals surface area contributed by atoms with Crippen LogP contribution in [0.1, 0.15) is 28.0 Å². The predicted octanol–water partition coefficient (Wildman–Crippen LogP) is 2.92. The van der Waals surface area contributed by atoms with E-state index in [1.165, 1.54) is 64.2 Å². The Morgan fingerprint density at radius 2 is 2.03 bits per heavy atom. The van der Waals surface area contributed by atoms with E-state index in [2.05, 4.69) is 15.4 Å². The number of halogens is 1. The summed E-state index contributed by atoms with van der Waals surface area (Å²) in [6, 6.07) is 11.8. The standard InChI is InChI=1S/C23H19FN8O3/c24-16-4-6-17(7-5-16)31-22(26)18(13-25)19(29-31)2-1-9-28-23(33)15-3-8-20(21(12-15)32(34)35)30-11-10-27-14-30/h3-8,10-12,14H,1-2,9,26H2,(H,28,33). The zero-order chi connectivity index (χ0) is 24.9. The molecule has 0 bridgehead atoms. The molecule has 0 aliphatic carbocycles. The van der Waals surface area contributed by atoms with Crippen molar-refractivity contribution in [3.05, 3.63) is 93.9 Å². The number of benzene rings is 2. The minimum Gasteiger partial charge on any atom is -0.382 e. The van der Waals surface area contributed by atoms with Crippen molar-refractivity contribution in [1.29, 1.82) is 5.26 Å². The van der Waals surface area contributed by atoms with E-state index in [4.69, 9.17) is 5.73 Å². The van der Waals surface area contributed by atoms with Crippen molar-refractivity contribution >= 4 is 17.4 Å². The molecule has 0 fully saturated rings. The average molecular weight is 474 g/mol. The van der Waals surface area contributed by atoms with Crippen molar-refractivity contribution in [1.82, 2.24) is 24.6 Å². The first-order valence-corrected chi connectivity index (χ1v) is 10.5. The minimum atomic E-state index is -0.558. The van der Waals surface area contributed by atoms with E-state index >= 15 is 0 Å². The third-order valence-electron chi connectivity index (χ3n) is 5.27. The van der Waals surface area contributed by atoms with Crippen LogP contribution in [-0.2, 0) is 6.42 Å². The summed E-state index contributed by atoms with van der Waals surface area (Å²) >= 11 is 0. The summed E-state index contributed by atoms with van der Waals surface area (Å²) in [6.07, 6.45) is 5.29. The zero-order valence-electron chi connectivity index (χ0n) is 18.3. The Balaban J connectivity index is 1.41. The van der Waals surface area contributed by atoms with Crippen LogP contribution in [0, 0.1) is 27.3 Å².